The van der Waals surface area contributed by atoms with E-state index in [9.17, 15) is 26.7 Å². The molecule has 1 fully saturated rings. The second-order valence-electron chi connectivity index (χ2n) is 7.52. The predicted molar refractivity (Wildman–Crippen MR) is 99.6 cm³/mol. The van der Waals surface area contributed by atoms with Crippen molar-refractivity contribution >= 4 is 17.0 Å². The molecule has 6 nitrogen and oxygen atoms in total. The number of H-pyrrole nitrogens is 1. The molecule has 0 aliphatic heterocycles. The van der Waals surface area contributed by atoms with Crippen LogP contribution in [0.25, 0.3) is 11.0 Å². The van der Waals surface area contributed by atoms with Gasteiger partial charge in [-0.05, 0) is 30.9 Å². The summed E-state index contributed by atoms with van der Waals surface area (Å²) in [6, 6.07) is 1.52. The molecule has 160 valence electrons. The lowest BCUT2D eigenvalue weighted by Crippen LogP contribution is -2.21. The van der Waals surface area contributed by atoms with Crippen molar-refractivity contribution in [1.29, 1.82) is 0 Å². The van der Waals surface area contributed by atoms with Crippen LogP contribution in [0.2, 0.25) is 0 Å². The van der Waals surface area contributed by atoms with Gasteiger partial charge < -0.3 is 4.90 Å². The molecule has 0 radical (unpaired) electrons. The molecule has 0 bridgehead atoms. The molecular weight excluding hydrogens is 409 g/mol. The van der Waals surface area contributed by atoms with Crippen molar-refractivity contribution in [1.82, 2.24) is 19.7 Å². The molecular formula is C19H18F5N5O. The van der Waals surface area contributed by atoms with Gasteiger partial charge in [-0.1, -0.05) is 6.07 Å². The van der Waals surface area contributed by atoms with E-state index < -0.39 is 35.8 Å². The summed E-state index contributed by atoms with van der Waals surface area (Å²) < 4.78 is 68.4. The summed E-state index contributed by atoms with van der Waals surface area (Å²) in [5.74, 6) is -0.956. The number of aromatic nitrogens is 4. The molecule has 1 aliphatic carbocycles. The van der Waals surface area contributed by atoms with Crippen molar-refractivity contribution in [2.75, 3.05) is 19.0 Å². The lowest BCUT2D eigenvalue weighted by atomic mass is 10.00. The number of alkyl halides is 4. The van der Waals surface area contributed by atoms with E-state index >= 15 is 0 Å². The summed E-state index contributed by atoms with van der Waals surface area (Å²) >= 11 is 0. The van der Waals surface area contributed by atoms with Gasteiger partial charge in [-0.3, -0.25) is 9.78 Å². The average molecular weight is 427 g/mol. The van der Waals surface area contributed by atoms with Crippen molar-refractivity contribution in [2.24, 2.45) is 5.92 Å². The smallest absolute Gasteiger partial charge is 0.348 e. The quantitative estimate of drug-likeness (QED) is 0.629. The molecule has 1 saturated carbocycles. The molecule has 3 aromatic rings. The Labute approximate surface area is 167 Å². The highest BCUT2D eigenvalue weighted by atomic mass is 19.4. The van der Waals surface area contributed by atoms with Gasteiger partial charge in [0.2, 0.25) is 5.95 Å². The minimum Gasteiger partial charge on any atom is -0.348 e. The van der Waals surface area contributed by atoms with Crippen LogP contribution in [0.5, 0.6) is 0 Å². The normalized spacial score (nSPS) is 15.6. The monoisotopic (exact) mass is 427 g/mol. The summed E-state index contributed by atoms with van der Waals surface area (Å²) in [5.41, 5.74) is -1.79. The topological polar surface area (TPSA) is 66.8 Å². The van der Waals surface area contributed by atoms with Gasteiger partial charge >= 0.3 is 6.18 Å². The van der Waals surface area contributed by atoms with Gasteiger partial charge in [-0.25, -0.2) is 13.5 Å². The first-order chi connectivity index (χ1) is 14.1. The van der Waals surface area contributed by atoms with Gasteiger partial charge in [-0.15, -0.1) is 0 Å². The number of fused-ring (bicyclic) bond motifs is 1. The third-order valence-corrected chi connectivity index (χ3v) is 5.15. The average Bonchev–Trinajstić information content (AvgIpc) is 3.43. The Hall–Kier alpha value is -2.98. The highest BCUT2D eigenvalue weighted by Gasteiger charge is 2.39. The van der Waals surface area contributed by atoms with Gasteiger partial charge in [0.05, 0.1) is 11.6 Å². The molecule has 0 unspecified atom stereocenters. The minimum absolute atomic E-state index is 0.00575. The first-order valence-corrected chi connectivity index (χ1v) is 9.23. The Morgan fingerprint density at radius 1 is 1.30 bits per heavy atom. The zero-order valence-corrected chi connectivity index (χ0v) is 16.1. The second kappa shape index (κ2) is 7.06. The van der Waals surface area contributed by atoms with Gasteiger partial charge in [0, 0.05) is 19.7 Å². The Morgan fingerprint density at radius 2 is 2.00 bits per heavy atom. The Bertz CT molecular complexity index is 1160. The SMILES string of the molecule is CN(C)c1nc2c(c(CF)nn2[C@@H](c2ccc(C(F)(F)F)cc2F)C2CC2)c(=O)[nH]1. The van der Waals surface area contributed by atoms with Crippen LogP contribution >= 0.6 is 0 Å². The molecule has 1 aromatic carbocycles. The third kappa shape index (κ3) is 3.41. The largest absolute Gasteiger partial charge is 0.416 e. The predicted octanol–water partition coefficient (Wildman–Crippen LogP) is 3.81. The van der Waals surface area contributed by atoms with Crippen molar-refractivity contribution in [3.8, 4) is 0 Å². The maximum absolute atomic E-state index is 14.8. The lowest BCUT2D eigenvalue weighted by Gasteiger charge is -2.20. The molecule has 4 rings (SSSR count). The zero-order chi connectivity index (χ0) is 21.8. The lowest BCUT2D eigenvalue weighted by molar-refractivity contribution is -0.137. The van der Waals surface area contributed by atoms with Gasteiger partial charge in [0.25, 0.3) is 5.56 Å². The van der Waals surface area contributed by atoms with Crippen LogP contribution in [0.4, 0.5) is 27.9 Å². The summed E-state index contributed by atoms with van der Waals surface area (Å²) in [6.07, 6.45) is -3.29. The van der Waals surface area contributed by atoms with E-state index in [1.165, 1.54) is 9.58 Å². The van der Waals surface area contributed by atoms with Crippen molar-refractivity contribution in [2.45, 2.75) is 31.7 Å². The van der Waals surface area contributed by atoms with E-state index in [1.54, 1.807) is 14.1 Å². The molecule has 0 amide bonds. The van der Waals surface area contributed by atoms with Crippen LogP contribution in [-0.4, -0.2) is 33.8 Å². The van der Waals surface area contributed by atoms with Gasteiger partial charge in [0.1, 0.15) is 23.6 Å². The molecule has 2 heterocycles. The van der Waals surface area contributed by atoms with Gasteiger partial charge in [0.15, 0.2) is 5.65 Å². The zero-order valence-electron chi connectivity index (χ0n) is 16.1. The van der Waals surface area contributed by atoms with E-state index in [-0.39, 0.29) is 34.2 Å². The second-order valence-corrected chi connectivity index (χ2v) is 7.52. The van der Waals surface area contributed by atoms with E-state index in [0.717, 1.165) is 12.1 Å². The van der Waals surface area contributed by atoms with Crippen LogP contribution in [0, 0.1) is 11.7 Å². The summed E-state index contributed by atoms with van der Waals surface area (Å²) in [5, 5.41) is 4.12. The standard InChI is InChI=1S/C19H18F5N5O/c1-28(2)18-25-16-14(17(30)26-18)13(8-20)27-29(16)15(9-3-4-9)11-6-5-10(7-12(11)21)19(22,23)24/h5-7,9,15H,3-4,8H2,1-2H3,(H,25,26,30)/t15-/m1/s1. The number of hydrogen-bond donors (Lipinski definition) is 1. The maximum Gasteiger partial charge on any atom is 0.416 e. The van der Waals surface area contributed by atoms with Gasteiger partial charge in [-0.2, -0.15) is 23.3 Å². The number of rotatable bonds is 5. The minimum atomic E-state index is -4.68. The summed E-state index contributed by atoms with van der Waals surface area (Å²) in [4.78, 5) is 20.9. The molecule has 0 spiro atoms. The fourth-order valence-electron chi connectivity index (χ4n) is 3.54. The van der Waals surface area contributed by atoms with E-state index in [4.69, 9.17) is 0 Å². The fourth-order valence-corrected chi connectivity index (χ4v) is 3.54. The number of benzene rings is 1. The highest BCUT2D eigenvalue weighted by molar-refractivity contribution is 5.78. The molecule has 1 N–H and O–H groups in total. The Morgan fingerprint density at radius 3 is 2.53 bits per heavy atom. The van der Waals surface area contributed by atoms with E-state index in [1.807, 2.05) is 0 Å². The van der Waals surface area contributed by atoms with Crippen LogP contribution in [0.1, 0.15) is 35.7 Å². The fraction of sp³-hybridized carbons (Fsp3) is 0.421. The molecule has 30 heavy (non-hydrogen) atoms. The molecule has 0 saturated heterocycles. The highest BCUT2D eigenvalue weighted by Crippen LogP contribution is 2.45. The number of anilines is 1. The van der Waals surface area contributed by atoms with Crippen molar-refractivity contribution in [3.63, 3.8) is 0 Å². The first-order valence-electron chi connectivity index (χ1n) is 9.23. The van der Waals surface area contributed by atoms with Crippen LogP contribution < -0.4 is 10.5 Å². The van der Waals surface area contributed by atoms with E-state index in [2.05, 4.69) is 15.1 Å². The van der Waals surface area contributed by atoms with Crippen LogP contribution in [0.15, 0.2) is 23.0 Å². The molecule has 11 heteroatoms. The maximum atomic E-state index is 14.8. The Kier molecular flexibility index (Phi) is 4.78. The summed E-state index contributed by atoms with van der Waals surface area (Å²) in [7, 11) is 3.30. The van der Waals surface area contributed by atoms with Crippen molar-refractivity contribution in [3.05, 3.63) is 51.2 Å². The molecule has 1 atom stereocenters. The van der Waals surface area contributed by atoms with E-state index in [0.29, 0.717) is 18.9 Å². The molecule has 1 aliphatic rings. The van der Waals surface area contributed by atoms with Crippen LogP contribution in [0.3, 0.4) is 0 Å². The number of aromatic amines is 1. The third-order valence-electron chi connectivity index (χ3n) is 5.15. The van der Waals surface area contributed by atoms with Crippen LogP contribution in [-0.2, 0) is 12.9 Å². The first kappa shape index (κ1) is 20.3. The number of nitrogens with one attached hydrogen (secondary N) is 1. The number of halogens is 5. The number of hydrogen-bond acceptors (Lipinski definition) is 4. The number of nitrogens with zero attached hydrogens (tertiary/aromatic N) is 4. The van der Waals surface area contributed by atoms with Crippen molar-refractivity contribution < 1.29 is 22.0 Å². The summed E-state index contributed by atoms with van der Waals surface area (Å²) in [6.45, 7) is -1.04. The molecule has 2 aromatic heterocycles. The Balaban J connectivity index is 1.94.